The minimum atomic E-state index is -5.24. The second kappa shape index (κ2) is 11.8. The summed E-state index contributed by atoms with van der Waals surface area (Å²) >= 11 is 0. The third-order valence-corrected chi connectivity index (χ3v) is 6.15. The lowest BCUT2D eigenvalue weighted by molar-refractivity contribution is -0.0496. The Labute approximate surface area is 165 Å². The number of nitrogens with one attached hydrogen (secondary N) is 2. The summed E-state index contributed by atoms with van der Waals surface area (Å²) in [6.45, 7) is 5.80. The molecule has 0 radical (unpaired) electrons. The lowest BCUT2D eigenvalue weighted by atomic mass is 9.98. The molecule has 0 bridgehead atoms. The Morgan fingerprint density at radius 3 is 2.43 bits per heavy atom. The maximum Gasteiger partial charge on any atom is 0.511 e. The van der Waals surface area contributed by atoms with E-state index in [1.807, 2.05) is 14.0 Å². The van der Waals surface area contributed by atoms with Crippen LogP contribution in [0.2, 0.25) is 0 Å². The van der Waals surface area contributed by atoms with E-state index in [4.69, 9.17) is 4.74 Å². The number of guanidine groups is 1. The van der Waals surface area contributed by atoms with Crippen molar-refractivity contribution < 1.29 is 26.3 Å². The van der Waals surface area contributed by atoms with Crippen molar-refractivity contribution in [2.75, 3.05) is 66.6 Å². The van der Waals surface area contributed by atoms with E-state index in [-0.39, 0.29) is 19.0 Å². The predicted octanol–water partition coefficient (Wildman–Crippen LogP) is 0.681. The van der Waals surface area contributed by atoms with E-state index in [2.05, 4.69) is 20.5 Å². The monoisotopic (exact) mass is 431 g/mol. The number of alkyl halides is 3. The number of rotatable bonds is 10. The van der Waals surface area contributed by atoms with Crippen molar-refractivity contribution in [1.29, 1.82) is 0 Å². The number of piperidine rings is 1. The van der Waals surface area contributed by atoms with Crippen LogP contribution < -0.4 is 10.6 Å². The van der Waals surface area contributed by atoms with Crippen molar-refractivity contribution in [2.24, 2.45) is 10.9 Å². The summed E-state index contributed by atoms with van der Waals surface area (Å²) in [6, 6.07) is 0. The summed E-state index contributed by atoms with van der Waals surface area (Å²) in [5.41, 5.74) is -5.24. The van der Waals surface area contributed by atoms with E-state index < -0.39 is 15.5 Å². The second-order valence-corrected chi connectivity index (χ2v) is 8.67. The normalized spacial score (nSPS) is 17.9. The lowest BCUT2D eigenvalue weighted by Crippen LogP contribution is -2.45. The number of halogens is 3. The average Bonchev–Trinajstić information content (AvgIpc) is 2.63. The highest BCUT2D eigenvalue weighted by molar-refractivity contribution is 7.90. The van der Waals surface area contributed by atoms with Gasteiger partial charge in [0.15, 0.2) is 5.96 Å². The molecule has 8 nitrogen and oxygen atoms in total. The Bertz CT molecular complexity index is 579. The number of hydrogen-bond acceptors (Lipinski definition) is 5. The molecule has 166 valence electrons. The van der Waals surface area contributed by atoms with Crippen LogP contribution in [0.25, 0.3) is 0 Å². The van der Waals surface area contributed by atoms with Gasteiger partial charge >= 0.3 is 15.5 Å². The first-order chi connectivity index (χ1) is 13.1. The van der Waals surface area contributed by atoms with Gasteiger partial charge in [-0.05, 0) is 32.7 Å². The van der Waals surface area contributed by atoms with E-state index in [0.29, 0.717) is 49.3 Å². The fourth-order valence-corrected chi connectivity index (χ4v) is 3.75. The van der Waals surface area contributed by atoms with Crippen molar-refractivity contribution in [3.63, 3.8) is 0 Å². The molecule has 1 heterocycles. The Kier molecular flexibility index (Phi) is 10.5. The molecule has 0 amide bonds. The third kappa shape index (κ3) is 8.10. The molecule has 1 aliphatic rings. The zero-order chi connectivity index (χ0) is 21.2. The van der Waals surface area contributed by atoms with Crippen LogP contribution in [0.15, 0.2) is 4.99 Å². The number of sulfonamides is 1. The second-order valence-electron chi connectivity index (χ2n) is 6.74. The number of hydrogen-bond donors (Lipinski definition) is 2. The maximum absolute atomic E-state index is 12.6. The van der Waals surface area contributed by atoms with E-state index in [0.717, 1.165) is 13.1 Å². The molecule has 0 aromatic carbocycles. The Balaban J connectivity index is 2.45. The van der Waals surface area contributed by atoms with Gasteiger partial charge in [0.05, 0.1) is 6.61 Å². The molecule has 28 heavy (non-hydrogen) atoms. The van der Waals surface area contributed by atoms with Gasteiger partial charge in [-0.2, -0.15) is 17.5 Å². The molecule has 1 fully saturated rings. The van der Waals surface area contributed by atoms with Crippen LogP contribution in [-0.4, -0.2) is 95.7 Å². The molecule has 0 aromatic rings. The smallest absolute Gasteiger partial charge is 0.383 e. The topological polar surface area (TPSA) is 86.3 Å². The van der Waals surface area contributed by atoms with Crippen LogP contribution in [0.4, 0.5) is 13.2 Å². The molecule has 0 atom stereocenters. The summed E-state index contributed by atoms with van der Waals surface area (Å²) in [5, 5.41) is 6.35. The van der Waals surface area contributed by atoms with Crippen LogP contribution in [0.3, 0.4) is 0 Å². The van der Waals surface area contributed by atoms with E-state index in [1.165, 1.54) is 0 Å². The molecule has 0 aliphatic carbocycles. The van der Waals surface area contributed by atoms with Crippen LogP contribution >= 0.6 is 0 Å². The Hall–Kier alpha value is -1.11. The predicted molar refractivity (Wildman–Crippen MR) is 103 cm³/mol. The van der Waals surface area contributed by atoms with Gasteiger partial charge in [0.2, 0.25) is 0 Å². The van der Waals surface area contributed by atoms with Gasteiger partial charge in [-0.25, -0.2) is 8.42 Å². The third-order valence-electron chi connectivity index (χ3n) is 4.52. The van der Waals surface area contributed by atoms with Crippen LogP contribution in [-0.2, 0) is 14.8 Å². The van der Waals surface area contributed by atoms with Gasteiger partial charge in [-0.15, -0.1) is 0 Å². The molecule has 1 saturated heterocycles. The van der Waals surface area contributed by atoms with Gasteiger partial charge in [-0.3, -0.25) is 4.99 Å². The molecule has 1 aliphatic heterocycles. The molecule has 0 unspecified atom stereocenters. The van der Waals surface area contributed by atoms with Crippen LogP contribution in [0, 0.1) is 5.92 Å². The van der Waals surface area contributed by atoms with Gasteiger partial charge in [-0.1, -0.05) is 0 Å². The molecular formula is C16H32F3N5O3S. The fraction of sp³-hybridized carbons (Fsp3) is 0.938. The van der Waals surface area contributed by atoms with Crippen molar-refractivity contribution in [3.8, 4) is 0 Å². The highest BCUT2D eigenvalue weighted by Gasteiger charge is 2.50. The van der Waals surface area contributed by atoms with Gasteiger partial charge in [0, 0.05) is 52.9 Å². The number of likely N-dealkylation sites (N-methyl/N-ethyl adjacent to an activating group) is 1. The van der Waals surface area contributed by atoms with E-state index in [9.17, 15) is 21.6 Å². The first-order valence-corrected chi connectivity index (χ1v) is 10.8. The quantitative estimate of drug-likeness (QED) is 0.391. The number of nitrogens with zero attached hydrogens (tertiary/aromatic N) is 3. The summed E-state index contributed by atoms with van der Waals surface area (Å²) in [7, 11) is -1.58. The van der Waals surface area contributed by atoms with E-state index >= 15 is 0 Å². The largest absolute Gasteiger partial charge is 0.511 e. The molecule has 0 aromatic heterocycles. The maximum atomic E-state index is 12.6. The zero-order valence-corrected chi connectivity index (χ0v) is 17.6. The number of ether oxygens (including phenoxy) is 1. The van der Waals surface area contributed by atoms with Crippen LogP contribution in [0.5, 0.6) is 0 Å². The molecule has 1 rings (SSSR count). The number of methoxy groups -OCH3 is 1. The van der Waals surface area contributed by atoms with E-state index in [1.54, 1.807) is 7.11 Å². The standard InChI is InChI=1S/C16H32F3N5O3S/c1-4-20-15(21-7-10-23(2)11-12-27-3)22-13-14-5-8-24(9-6-14)28(25,26)16(17,18)19/h14H,4-13H2,1-3H3,(H2,20,21,22). The minimum absolute atomic E-state index is 0.0551. The Morgan fingerprint density at radius 1 is 1.25 bits per heavy atom. The van der Waals surface area contributed by atoms with Gasteiger partial charge < -0.3 is 20.3 Å². The molecular weight excluding hydrogens is 399 g/mol. The summed E-state index contributed by atoms with van der Waals surface area (Å²) in [5.74, 6) is 0.701. The SMILES string of the molecule is CCNC(=NCC1CCN(S(=O)(=O)C(F)(F)F)CC1)NCCN(C)CCOC. The van der Waals surface area contributed by atoms with Gasteiger partial charge in [0.1, 0.15) is 0 Å². The highest BCUT2D eigenvalue weighted by Crippen LogP contribution is 2.30. The molecule has 2 N–H and O–H groups in total. The average molecular weight is 432 g/mol. The van der Waals surface area contributed by atoms with Crippen molar-refractivity contribution >= 4 is 16.0 Å². The number of aliphatic imine (C=N–C) groups is 1. The first-order valence-electron chi connectivity index (χ1n) is 9.37. The van der Waals surface area contributed by atoms with Gasteiger partial charge in [0.25, 0.3) is 0 Å². The molecule has 12 heteroatoms. The fourth-order valence-electron chi connectivity index (χ4n) is 2.76. The summed E-state index contributed by atoms with van der Waals surface area (Å²) < 4.78 is 66.3. The zero-order valence-electron chi connectivity index (χ0n) is 16.8. The highest BCUT2D eigenvalue weighted by atomic mass is 32.2. The summed E-state index contributed by atoms with van der Waals surface area (Å²) in [6.07, 6.45) is 0.718. The summed E-state index contributed by atoms with van der Waals surface area (Å²) in [4.78, 5) is 6.62. The molecule has 0 saturated carbocycles. The van der Waals surface area contributed by atoms with Crippen molar-refractivity contribution in [2.45, 2.75) is 25.3 Å². The van der Waals surface area contributed by atoms with Crippen molar-refractivity contribution in [1.82, 2.24) is 19.8 Å². The van der Waals surface area contributed by atoms with Crippen LogP contribution in [0.1, 0.15) is 19.8 Å². The molecule has 0 spiro atoms. The Morgan fingerprint density at radius 2 is 1.89 bits per heavy atom. The lowest BCUT2D eigenvalue weighted by Gasteiger charge is -2.31. The first kappa shape index (κ1) is 24.9. The minimum Gasteiger partial charge on any atom is -0.383 e. The van der Waals surface area contributed by atoms with Crippen molar-refractivity contribution in [3.05, 3.63) is 0 Å².